The molecule has 20 heavy (non-hydrogen) atoms. The van der Waals surface area contributed by atoms with Crippen molar-refractivity contribution in [1.29, 1.82) is 0 Å². The predicted octanol–water partition coefficient (Wildman–Crippen LogP) is 1.26. The van der Waals surface area contributed by atoms with Crippen LogP contribution in [0.25, 0.3) is 21.8 Å². The second-order valence-electron chi connectivity index (χ2n) is 4.94. The molecule has 0 bridgehead atoms. The molecule has 0 spiro atoms. The SMILES string of the molecule is Fc1ccc2ccc3c(cnn3N3CCNCC3)c2n1. The lowest BCUT2D eigenvalue weighted by Gasteiger charge is -2.29. The van der Waals surface area contributed by atoms with Gasteiger partial charge in [0.1, 0.15) is 0 Å². The van der Waals surface area contributed by atoms with Gasteiger partial charge in [-0.05, 0) is 18.2 Å². The highest BCUT2D eigenvalue weighted by Gasteiger charge is 2.15. The topological polar surface area (TPSA) is 46.0 Å². The Morgan fingerprint density at radius 3 is 2.75 bits per heavy atom. The van der Waals surface area contributed by atoms with Gasteiger partial charge in [0.15, 0.2) is 0 Å². The number of rotatable bonds is 1. The standard InChI is InChI=1S/C14H14FN5/c15-13-4-2-10-1-3-12-11(14(10)18-13)9-17-20(12)19-7-5-16-6-8-19/h1-4,9,16H,5-8H2. The first-order valence-electron chi connectivity index (χ1n) is 6.72. The second kappa shape index (κ2) is 4.42. The third kappa shape index (κ3) is 1.72. The highest BCUT2D eigenvalue weighted by atomic mass is 19.1. The van der Waals surface area contributed by atoms with E-state index in [0.717, 1.165) is 42.5 Å². The number of nitrogens with one attached hydrogen (secondary N) is 1. The Kier molecular flexibility index (Phi) is 2.56. The molecule has 6 heteroatoms. The van der Waals surface area contributed by atoms with Gasteiger partial charge in [-0.2, -0.15) is 14.3 Å². The van der Waals surface area contributed by atoms with Crippen LogP contribution in [-0.2, 0) is 0 Å². The van der Waals surface area contributed by atoms with E-state index in [0.29, 0.717) is 5.52 Å². The first-order valence-corrected chi connectivity index (χ1v) is 6.72. The molecular weight excluding hydrogens is 257 g/mol. The van der Waals surface area contributed by atoms with Crippen LogP contribution >= 0.6 is 0 Å². The molecule has 3 heterocycles. The fraction of sp³-hybridized carbons (Fsp3) is 0.286. The number of halogens is 1. The van der Waals surface area contributed by atoms with Crippen molar-refractivity contribution >= 4 is 21.8 Å². The second-order valence-corrected chi connectivity index (χ2v) is 4.94. The Labute approximate surface area is 115 Å². The summed E-state index contributed by atoms with van der Waals surface area (Å²) in [6, 6.07) is 7.12. The van der Waals surface area contributed by atoms with Gasteiger partial charge in [-0.15, -0.1) is 0 Å². The smallest absolute Gasteiger partial charge is 0.213 e. The summed E-state index contributed by atoms with van der Waals surface area (Å²) < 4.78 is 13.4. The molecule has 3 aromatic rings. The molecule has 5 nitrogen and oxygen atoms in total. The van der Waals surface area contributed by atoms with E-state index in [1.807, 2.05) is 16.9 Å². The van der Waals surface area contributed by atoms with Gasteiger partial charge in [0.25, 0.3) is 0 Å². The van der Waals surface area contributed by atoms with Gasteiger partial charge in [-0.25, -0.2) is 4.98 Å². The van der Waals surface area contributed by atoms with Crippen LogP contribution in [0, 0.1) is 5.95 Å². The zero-order valence-corrected chi connectivity index (χ0v) is 10.9. The van der Waals surface area contributed by atoms with Crippen molar-refractivity contribution in [2.24, 2.45) is 0 Å². The molecule has 2 aromatic heterocycles. The minimum atomic E-state index is -0.458. The van der Waals surface area contributed by atoms with Crippen molar-refractivity contribution in [3.8, 4) is 0 Å². The molecule has 4 rings (SSSR count). The molecule has 1 N–H and O–H groups in total. The molecule has 0 amide bonds. The Bertz CT molecular complexity index is 776. The van der Waals surface area contributed by atoms with Crippen LogP contribution in [0.1, 0.15) is 0 Å². The number of piperazine rings is 1. The summed E-state index contributed by atoms with van der Waals surface area (Å²) in [5.41, 5.74) is 1.64. The van der Waals surface area contributed by atoms with Crippen LogP contribution < -0.4 is 10.3 Å². The van der Waals surface area contributed by atoms with Crippen LogP contribution in [0.5, 0.6) is 0 Å². The van der Waals surface area contributed by atoms with E-state index in [1.54, 1.807) is 12.3 Å². The summed E-state index contributed by atoms with van der Waals surface area (Å²) in [6.07, 6.45) is 1.77. The average molecular weight is 271 g/mol. The summed E-state index contributed by atoms with van der Waals surface area (Å²) in [6.45, 7) is 3.71. The number of pyridine rings is 1. The Morgan fingerprint density at radius 1 is 1.10 bits per heavy atom. The fourth-order valence-corrected chi connectivity index (χ4v) is 2.72. The van der Waals surface area contributed by atoms with Crippen LogP contribution in [0.2, 0.25) is 0 Å². The lowest BCUT2D eigenvalue weighted by molar-refractivity contribution is 0.470. The summed E-state index contributed by atoms with van der Waals surface area (Å²) >= 11 is 0. The molecule has 1 aliphatic heterocycles. The molecule has 0 atom stereocenters. The van der Waals surface area contributed by atoms with E-state index in [2.05, 4.69) is 20.4 Å². The van der Waals surface area contributed by atoms with Gasteiger partial charge in [-0.3, -0.25) is 5.01 Å². The average Bonchev–Trinajstić information content (AvgIpc) is 2.92. The van der Waals surface area contributed by atoms with E-state index >= 15 is 0 Å². The maximum atomic E-state index is 13.4. The molecule has 0 saturated carbocycles. The fourth-order valence-electron chi connectivity index (χ4n) is 2.72. The number of fused-ring (bicyclic) bond motifs is 3. The van der Waals surface area contributed by atoms with Gasteiger partial charge in [0, 0.05) is 37.0 Å². The van der Waals surface area contributed by atoms with E-state index in [-0.39, 0.29) is 0 Å². The highest BCUT2D eigenvalue weighted by molar-refractivity contribution is 6.03. The first-order chi connectivity index (χ1) is 9.83. The van der Waals surface area contributed by atoms with Gasteiger partial charge in [-0.1, -0.05) is 6.07 Å². The van der Waals surface area contributed by atoms with Crippen molar-refractivity contribution in [3.05, 3.63) is 36.4 Å². The van der Waals surface area contributed by atoms with Crippen LogP contribution in [0.3, 0.4) is 0 Å². The van der Waals surface area contributed by atoms with Gasteiger partial charge in [0.2, 0.25) is 5.95 Å². The van der Waals surface area contributed by atoms with E-state index in [1.165, 1.54) is 6.07 Å². The number of hydrogen-bond donors (Lipinski definition) is 1. The van der Waals surface area contributed by atoms with Crippen molar-refractivity contribution in [3.63, 3.8) is 0 Å². The van der Waals surface area contributed by atoms with E-state index < -0.39 is 5.95 Å². The largest absolute Gasteiger partial charge is 0.313 e. The monoisotopic (exact) mass is 271 g/mol. The van der Waals surface area contributed by atoms with Gasteiger partial charge >= 0.3 is 0 Å². The highest BCUT2D eigenvalue weighted by Crippen LogP contribution is 2.24. The lowest BCUT2D eigenvalue weighted by Crippen LogP contribution is -2.49. The molecule has 1 saturated heterocycles. The number of nitrogens with zero attached hydrogens (tertiary/aromatic N) is 4. The third-order valence-electron chi connectivity index (χ3n) is 3.72. The summed E-state index contributed by atoms with van der Waals surface area (Å²) in [7, 11) is 0. The quantitative estimate of drug-likeness (QED) is 0.677. The van der Waals surface area contributed by atoms with Gasteiger partial charge < -0.3 is 5.32 Å². The van der Waals surface area contributed by atoms with Crippen molar-refractivity contribution in [1.82, 2.24) is 20.2 Å². The molecule has 1 aromatic carbocycles. The zero-order chi connectivity index (χ0) is 13.5. The molecule has 0 unspecified atom stereocenters. The van der Waals surface area contributed by atoms with Crippen LogP contribution in [0.15, 0.2) is 30.5 Å². The molecule has 1 aliphatic rings. The third-order valence-corrected chi connectivity index (χ3v) is 3.72. The van der Waals surface area contributed by atoms with E-state index in [9.17, 15) is 4.39 Å². The zero-order valence-electron chi connectivity index (χ0n) is 10.9. The van der Waals surface area contributed by atoms with Crippen molar-refractivity contribution in [2.75, 3.05) is 31.2 Å². The Hall–Kier alpha value is -2.21. The van der Waals surface area contributed by atoms with Crippen LogP contribution in [-0.4, -0.2) is 41.1 Å². The molecule has 0 aliphatic carbocycles. The van der Waals surface area contributed by atoms with Gasteiger partial charge in [0.05, 0.1) is 17.2 Å². The minimum Gasteiger partial charge on any atom is -0.313 e. The summed E-state index contributed by atoms with van der Waals surface area (Å²) in [5.74, 6) is -0.458. The number of aromatic nitrogens is 3. The summed E-state index contributed by atoms with van der Waals surface area (Å²) in [4.78, 5) is 5.92. The minimum absolute atomic E-state index is 0.458. The molecular formula is C14H14FN5. The number of benzene rings is 1. The normalized spacial score (nSPS) is 16.1. The first kappa shape index (κ1) is 11.6. The molecule has 0 radical (unpaired) electrons. The predicted molar refractivity (Wildman–Crippen MR) is 75.8 cm³/mol. The maximum absolute atomic E-state index is 13.4. The van der Waals surface area contributed by atoms with Crippen LogP contribution in [0.4, 0.5) is 4.39 Å². The van der Waals surface area contributed by atoms with Crippen molar-refractivity contribution in [2.45, 2.75) is 0 Å². The Balaban J connectivity index is 1.92. The molecule has 102 valence electrons. The molecule has 1 fully saturated rings. The Morgan fingerprint density at radius 2 is 1.90 bits per heavy atom. The summed E-state index contributed by atoms with van der Waals surface area (Å²) in [5, 5.41) is 11.8. The lowest BCUT2D eigenvalue weighted by atomic mass is 10.1. The van der Waals surface area contributed by atoms with E-state index in [4.69, 9.17) is 0 Å². The number of hydrogen-bond acceptors (Lipinski definition) is 4. The van der Waals surface area contributed by atoms with Crippen molar-refractivity contribution < 1.29 is 4.39 Å². The maximum Gasteiger partial charge on any atom is 0.213 e.